The molecule has 1 atom stereocenters. The maximum Gasteiger partial charge on any atom is 0.227 e. The van der Waals surface area contributed by atoms with Gasteiger partial charge in [-0.2, -0.15) is 0 Å². The van der Waals surface area contributed by atoms with E-state index in [1.807, 2.05) is 77.5 Å². The Hall–Kier alpha value is -3.07. The molecule has 3 nitrogen and oxygen atoms in total. The van der Waals surface area contributed by atoms with E-state index in [2.05, 4.69) is 6.58 Å². The molecule has 0 aliphatic carbocycles. The number of benzene rings is 2. The molecular weight excluding hydrogens is 298 g/mol. The summed E-state index contributed by atoms with van der Waals surface area (Å²) in [4.78, 5) is 13.5. The Morgan fingerprint density at radius 2 is 1.75 bits per heavy atom. The molecular formula is C21H17NO2. The second-order valence-electron chi connectivity index (χ2n) is 5.85. The Morgan fingerprint density at radius 3 is 2.54 bits per heavy atom. The quantitative estimate of drug-likeness (QED) is 0.665. The van der Waals surface area contributed by atoms with Gasteiger partial charge in [-0.3, -0.25) is 4.79 Å². The van der Waals surface area contributed by atoms with Crippen LogP contribution in [0.4, 0.5) is 0 Å². The normalized spacial score (nSPS) is 18.9. The summed E-state index contributed by atoms with van der Waals surface area (Å²) in [7, 11) is 0. The molecule has 24 heavy (non-hydrogen) atoms. The number of carbonyl (C=O) groups excluding carboxylic acids is 1. The van der Waals surface area contributed by atoms with Crippen LogP contribution in [0.25, 0.3) is 5.69 Å². The fourth-order valence-electron chi connectivity index (χ4n) is 3.31. The summed E-state index contributed by atoms with van der Waals surface area (Å²) in [5.41, 5.74) is 1.21. The van der Waals surface area contributed by atoms with E-state index in [1.54, 1.807) is 6.08 Å². The topological polar surface area (TPSA) is 31.2 Å². The molecule has 0 radical (unpaired) electrons. The zero-order valence-electron chi connectivity index (χ0n) is 13.2. The minimum Gasteiger partial charge on any atom is -0.472 e. The van der Waals surface area contributed by atoms with Crippen molar-refractivity contribution < 1.29 is 9.53 Å². The first-order chi connectivity index (χ1) is 11.8. The van der Waals surface area contributed by atoms with Crippen molar-refractivity contribution >= 4 is 5.78 Å². The Balaban J connectivity index is 2.03. The summed E-state index contributed by atoms with van der Waals surface area (Å²) in [6.07, 6.45) is 4.03. The molecule has 0 spiro atoms. The number of nitrogens with zero attached hydrogens (tertiary/aromatic N) is 1. The van der Waals surface area contributed by atoms with Gasteiger partial charge >= 0.3 is 0 Å². The maximum absolute atomic E-state index is 13.5. The van der Waals surface area contributed by atoms with E-state index in [4.69, 9.17) is 4.74 Å². The highest BCUT2D eigenvalue weighted by Crippen LogP contribution is 2.41. The van der Waals surface area contributed by atoms with E-state index in [0.717, 1.165) is 11.3 Å². The van der Waals surface area contributed by atoms with Crippen molar-refractivity contribution in [3.05, 3.63) is 96.8 Å². The van der Waals surface area contributed by atoms with Gasteiger partial charge in [-0.1, -0.05) is 48.5 Å². The summed E-state index contributed by atoms with van der Waals surface area (Å²) in [5.74, 6) is 0.626. The van der Waals surface area contributed by atoms with Gasteiger partial charge in [0.2, 0.25) is 11.4 Å². The van der Waals surface area contributed by atoms with Crippen molar-refractivity contribution in [1.29, 1.82) is 0 Å². The minimum atomic E-state index is -1.11. The van der Waals surface area contributed by atoms with Gasteiger partial charge in [-0.25, -0.2) is 0 Å². The van der Waals surface area contributed by atoms with Crippen LogP contribution in [0.3, 0.4) is 0 Å². The van der Waals surface area contributed by atoms with Crippen LogP contribution < -0.4 is 4.74 Å². The first-order valence-corrected chi connectivity index (χ1v) is 7.93. The van der Waals surface area contributed by atoms with Gasteiger partial charge in [0.25, 0.3) is 0 Å². The van der Waals surface area contributed by atoms with Gasteiger partial charge < -0.3 is 9.30 Å². The molecule has 0 N–H and O–H groups in total. The summed E-state index contributed by atoms with van der Waals surface area (Å²) in [6.45, 7) is 3.85. The molecule has 1 aliphatic heterocycles. The molecule has 1 aromatic heterocycles. The fraction of sp³-hybridized carbons (Fsp3) is 0.0952. The van der Waals surface area contributed by atoms with E-state index in [0.29, 0.717) is 17.9 Å². The van der Waals surface area contributed by atoms with Crippen molar-refractivity contribution in [1.82, 2.24) is 4.57 Å². The van der Waals surface area contributed by atoms with Crippen molar-refractivity contribution in [2.45, 2.75) is 12.0 Å². The monoisotopic (exact) mass is 315 g/mol. The number of carbonyl (C=O) groups is 1. The number of aromatic nitrogens is 1. The van der Waals surface area contributed by atoms with Crippen LogP contribution in [0.1, 0.15) is 22.5 Å². The predicted molar refractivity (Wildman–Crippen MR) is 93.7 cm³/mol. The molecule has 0 unspecified atom stereocenters. The van der Waals surface area contributed by atoms with Crippen molar-refractivity contribution in [2.75, 3.05) is 0 Å². The van der Waals surface area contributed by atoms with Crippen LogP contribution in [0.15, 0.2) is 85.6 Å². The van der Waals surface area contributed by atoms with Crippen LogP contribution in [0.5, 0.6) is 5.75 Å². The lowest BCUT2D eigenvalue weighted by molar-refractivity contribution is 0.0454. The Bertz CT molecular complexity index is 910. The number of Topliss-reactive ketones (excluding diaryl/α,β-unsaturated/α-hetero) is 1. The van der Waals surface area contributed by atoms with Crippen LogP contribution in [-0.4, -0.2) is 10.4 Å². The SMILES string of the molecule is C=CC[C@@]1(c2ccccc2)Oc2ccccc2-n2cccc2C1=O. The molecule has 3 aromatic rings. The lowest BCUT2D eigenvalue weighted by Crippen LogP contribution is -2.41. The van der Waals surface area contributed by atoms with Crippen molar-refractivity contribution in [2.24, 2.45) is 0 Å². The summed E-state index contributed by atoms with van der Waals surface area (Å²) in [5, 5.41) is 0. The van der Waals surface area contributed by atoms with Crippen LogP contribution in [-0.2, 0) is 5.60 Å². The smallest absolute Gasteiger partial charge is 0.227 e. The minimum absolute atomic E-state index is 0.0604. The Kier molecular flexibility index (Phi) is 3.35. The highest BCUT2D eigenvalue weighted by molar-refractivity contribution is 6.03. The number of rotatable bonds is 3. The van der Waals surface area contributed by atoms with Gasteiger partial charge in [-0.05, 0) is 24.3 Å². The van der Waals surface area contributed by atoms with E-state index in [-0.39, 0.29) is 5.78 Å². The average molecular weight is 315 g/mol. The summed E-state index contributed by atoms with van der Waals surface area (Å²) >= 11 is 0. The predicted octanol–water partition coefficient (Wildman–Crippen LogP) is 4.52. The van der Waals surface area contributed by atoms with Gasteiger partial charge in [0, 0.05) is 18.2 Å². The standard InChI is InChI=1S/C21H17NO2/c1-2-14-21(16-9-4-3-5-10-16)20(23)18-12-8-15-22(18)17-11-6-7-13-19(17)24-21/h2-13,15H,1,14H2/t21-/m0/s1. The maximum atomic E-state index is 13.5. The average Bonchev–Trinajstić information content (AvgIpc) is 3.08. The van der Waals surface area contributed by atoms with Crippen LogP contribution in [0.2, 0.25) is 0 Å². The highest BCUT2D eigenvalue weighted by Gasteiger charge is 2.45. The Morgan fingerprint density at radius 1 is 1.00 bits per heavy atom. The van der Waals surface area contributed by atoms with E-state index in [9.17, 15) is 4.79 Å². The third-order valence-electron chi connectivity index (χ3n) is 4.43. The molecule has 0 amide bonds. The van der Waals surface area contributed by atoms with Crippen LogP contribution in [0, 0.1) is 0 Å². The van der Waals surface area contributed by atoms with Gasteiger partial charge in [0.15, 0.2) is 0 Å². The van der Waals surface area contributed by atoms with Gasteiger partial charge in [-0.15, -0.1) is 6.58 Å². The molecule has 2 heterocycles. The van der Waals surface area contributed by atoms with Crippen molar-refractivity contribution in [3.63, 3.8) is 0 Å². The zero-order chi connectivity index (χ0) is 16.6. The number of hydrogen-bond donors (Lipinski definition) is 0. The number of ketones is 1. The largest absolute Gasteiger partial charge is 0.472 e. The second kappa shape index (κ2) is 5.53. The molecule has 1 aliphatic rings. The first-order valence-electron chi connectivity index (χ1n) is 7.93. The van der Waals surface area contributed by atoms with E-state index in [1.165, 1.54) is 0 Å². The lowest BCUT2D eigenvalue weighted by Gasteiger charge is -2.31. The fourth-order valence-corrected chi connectivity index (χ4v) is 3.31. The van der Waals surface area contributed by atoms with Crippen molar-refractivity contribution in [3.8, 4) is 11.4 Å². The molecule has 118 valence electrons. The molecule has 0 saturated carbocycles. The summed E-state index contributed by atoms with van der Waals surface area (Å²) < 4.78 is 8.28. The first kappa shape index (κ1) is 14.5. The number of para-hydroxylation sites is 2. The molecule has 0 fully saturated rings. The third kappa shape index (κ3) is 2.02. The van der Waals surface area contributed by atoms with E-state index >= 15 is 0 Å². The molecule has 2 aromatic carbocycles. The Labute approximate surface area is 140 Å². The third-order valence-corrected chi connectivity index (χ3v) is 4.43. The van der Waals surface area contributed by atoms with Gasteiger partial charge in [0.05, 0.1) is 11.4 Å². The summed E-state index contributed by atoms with van der Waals surface area (Å²) in [6, 6.07) is 21.1. The van der Waals surface area contributed by atoms with Gasteiger partial charge in [0.1, 0.15) is 5.75 Å². The second-order valence-corrected chi connectivity index (χ2v) is 5.85. The molecule has 0 bridgehead atoms. The molecule has 3 heteroatoms. The molecule has 4 rings (SSSR count). The number of fused-ring (bicyclic) bond motifs is 3. The molecule has 0 saturated heterocycles. The lowest BCUT2D eigenvalue weighted by atomic mass is 9.84. The highest BCUT2D eigenvalue weighted by atomic mass is 16.5. The van der Waals surface area contributed by atoms with E-state index < -0.39 is 5.60 Å². The number of hydrogen-bond acceptors (Lipinski definition) is 2. The zero-order valence-corrected chi connectivity index (χ0v) is 13.2. The van der Waals surface area contributed by atoms with Crippen LogP contribution >= 0.6 is 0 Å². The number of ether oxygens (including phenoxy) is 1.